The van der Waals surface area contributed by atoms with E-state index in [1.165, 1.54) is 0 Å². The zero-order valence-corrected chi connectivity index (χ0v) is 14.0. The van der Waals surface area contributed by atoms with Gasteiger partial charge in [-0.2, -0.15) is 5.10 Å². The molecule has 1 atom stereocenters. The lowest BCUT2D eigenvalue weighted by Crippen LogP contribution is -2.44. The summed E-state index contributed by atoms with van der Waals surface area (Å²) >= 11 is 6.01. The molecule has 2 aliphatic heterocycles. The molecule has 1 amide bonds. The molecule has 0 radical (unpaired) electrons. The Morgan fingerprint density at radius 3 is 3.04 bits per heavy atom. The summed E-state index contributed by atoms with van der Waals surface area (Å²) in [6.45, 7) is 1.17. The van der Waals surface area contributed by atoms with Gasteiger partial charge in [-0.25, -0.2) is 0 Å². The van der Waals surface area contributed by atoms with Gasteiger partial charge >= 0.3 is 0 Å². The molecule has 7 heteroatoms. The Bertz CT molecular complexity index is 811. The van der Waals surface area contributed by atoms with Crippen LogP contribution in [0, 0.1) is 0 Å². The highest BCUT2D eigenvalue weighted by Gasteiger charge is 2.34. The molecular weight excluding hydrogens is 328 g/mol. The van der Waals surface area contributed by atoms with Crippen LogP contribution in [0.15, 0.2) is 24.3 Å². The largest absolute Gasteiger partial charge is 0.480 e. The highest BCUT2D eigenvalue weighted by atomic mass is 35.5. The third-order valence-electron chi connectivity index (χ3n) is 4.48. The van der Waals surface area contributed by atoms with Crippen LogP contribution in [0.4, 0.5) is 5.82 Å². The van der Waals surface area contributed by atoms with Crippen molar-refractivity contribution in [3.63, 3.8) is 0 Å². The van der Waals surface area contributed by atoms with E-state index in [1.54, 1.807) is 13.1 Å². The molecule has 0 bridgehead atoms. The number of benzene rings is 1. The van der Waals surface area contributed by atoms with Crippen molar-refractivity contribution in [1.29, 1.82) is 0 Å². The smallest absolute Gasteiger partial charge is 0.264 e. The van der Waals surface area contributed by atoms with Gasteiger partial charge in [-0.3, -0.25) is 4.79 Å². The minimum Gasteiger partial charge on any atom is -0.480 e. The number of ether oxygens (including phenoxy) is 1. The first-order valence-electron chi connectivity index (χ1n) is 7.91. The number of nitrogens with one attached hydrogen (secondary N) is 1. The molecule has 1 N–H and O–H groups in total. The first-order valence-corrected chi connectivity index (χ1v) is 8.29. The van der Waals surface area contributed by atoms with E-state index in [4.69, 9.17) is 16.3 Å². The fourth-order valence-electron chi connectivity index (χ4n) is 3.20. The maximum Gasteiger partial charge on any atom is 0.264 e. The number of carbonyl (C=O) groups is 1. The SMILES string of the molecule is CNc1cc2c(nn1)CCN(C(=O)C1Cc3cc(Cl)ccc3O1)C2. The van der Waals surface area contributed by atoms with Gasteiger partial charge < -0.3 is 15.0 Å². The number of rotatable bonds is 2. The van der Waals surface area contributed by atoms with Crippen molar-refractivity contribution in [3.8, 4) is 5.75 Å². The van der Waals surface area contributed by atoms with E-state index < -0.39 is 6.10 Å². The van der Waals surface area contributed by atoms with Gasteiger partial charge in [0.15, 0.2) is 6.10 Å². The Labute approximate surface area is 144 Å². The molecular formula is C17H17ClN4O2. The minimum absolute atomic E-state index is 0.00999. The Balaban J connectivity index is 1.50. The van der Waals surface area contributed by atoms with Gasteiger partial charge in [-0.1, -0.05) is 11.6 Å². The van der Waals surface area contributed by atoms with E-state index in [0.717, 1.165) is 22.6 Å². The molecule has 0 saturated heterocycles. The molecule has 3 heterocycles. The minimum atomic E-state index is -0.474. The zero-order chi connectivity index (χ0) is 16.7. The number of halogens is 1. The molecule has 6 nitrogen and oxygen atoms in total. The van der Waals surface area contributed by atoms with Crippen LogP contribution in [0.5, 0.6) is 5.75 Å². The molecule has 1 aromatic carbocycles. The molecule has 2 aromatic rings. The maximum absolute atomic E-state index is 12.8. The molecule has 0 saturated carbocycles. The summed E-state index contributed by atoms with van der Waals surface area (Å²) in [7, 11) is 1.80. The summed E-state index contributed by atoms with van der Waals surface area (Å²) in [6, 6.07) is 7.42. The molecule has 1 aromatic heterocycles. The van der Waals surface area contributed by atoms with Crippen LogP contribution >= 0.6 is 11.6 Å². The zero-order valence-electron chi connectivity index (χ0n) is 13.3. The maximum atomic E-state index is 12.8. The first-order chi connectivity index (χ1) is 11.6. The standard InChI is InChI=1S/C17H17ClN4O2/c1-19-16-8-11-9-22(5-4-13(11)20-21-16)17(23)15-7-10-6-12(18)2-3-14(10)24-15/h2-3,6,8,15H,4-5,7,9H2,1H3,(H,19,21). The third kappa shape index (κ3) is 2.67. The van der Waals surface area contributed by atoms with Gasteiger partial charge in [0.25, 0.3) is 5.91 Å². The molecule has 0 fully saturated rings. The summed E-state index contributed by atoms with van der Waals surface area (Å²) in [5.74, 6) is 1.47. The number of fused-ring (bicyclic) bond motifs is 2. The molecule has 0 spiro atoms. The monoisotopic (exact) mass is 344 g/mol. The molecule has 2 aliphatic rings. The lowest BCUT2D eigenvalue weighted by atomic mass is 10.0. The summed E-state index contributed by atoms with van der Waals surface area (Å²) in [5.41, 5.74) is 2.98. The van der Waals surface area contributed by atoms with Crippen molar-refractivity contribution >= 4 is 23.3 Å². The summed E-state index contributed by atoms with van der Waals surface area (Å²) < 4.78 is 5.82. The van der Waals surface area contributed by atoms with Crippen LogP contribution in [-0.2, 0) is 24.2 Å². The van der Waals surface area contributed by atoms with Crippen LogP contribution in [0.1, 0.15) is 16.8 Å². The van der Waals surface area contributed by atoms with Gasteiger partial charge in [-0.05, 0) is 35.4 Å². The second kappa shape index (κ2) is 5.94. The van der Waals surface area contributed by atoms with Gasteiger partial charge in [-0.15, -0.1) is 5.10 Å². The topological polar surface area (TPSA) is 67.4 Å². The first kappa shape index (κ1) is 15.2. The van der Waals surface area contributed by atoms with Crippen LogP contribution in [0.3, 0.4) is 0 Å². The predicted molar refractivity (Wildman–Crippen MR) is 90.3 cm³/mol. The fourth-order valence-corrected chi connectivity index (χ4v) is 3.39. The Kier molecular flexibility index (Phi) is 3.76. The molecule has 24 heavy (non-hydrogen) atoms. The van der Waals surface area contributed by atoms with E-state index in [0.29, 0.717) is 36.8 Å². The predicted octanol–water partition coefficient (Wildman–Crippen LogP) is 2.06. The molecule has 124 valence electrons. The number of anilines is 1. The number of hydrogen-bond donors (Lipinski definition) is 1. The Morgan fingerprint density at radius 2 is 2.21 bits per heavy atom. The van der Waals surface area contributed by atoms with Crippen LogP contribution < -0.4 is 10.1 Å². The summed E-state index contributed by atoms with van der Waals surface area (Å²) in [5, 5.41) is 12.0. The fraction of sp³-hybridized carbons (Fsp3) is 0.353. The second-order valence-corrected chi connectivity index (χ2v) is 6.46. The van der Waals surface area contributed by atoms with E-state index in [-0.39, 0.29) is 5.91 Å². The Hall–Kier alpha value is -2.34. The highest BCUT2D eigenvalue weighted by Crippen LogP contribution is 2.32. The number of nitrogens with zero attached hydrogens (tertiary/aromatic N) is 3. The van der Waals surface area contributed by atoms with E-state index in [1.807, 2.05) is 23.1 Å². The quantitative estimate of drug-likeness (QED) is 0.903. The third-order valence-corrected chi connectivity index (χ3v) is 4.72. The summed E-state index contributed by atoms with van der Waals surface area (Å²) in [4.78, 5) is 14.7. The summed E-state index contributed by atoms with van der Waals surface area (Å²) in [6.07, 6.45) is 0.802. The van der Waals surface area contributed by atoms with Crippen molar-refractivity contribution in [3.05, 3.63) is 46.1 Å². The van der Waals surface area contributed by atoms with Crippen LogP contribution in [-0.4, -0.2) is 40.7 Å². The van der Waals surface area contributed by atoms with Crippen LogP contribution in [0.2, 0.25) is 5.02 Å². The van der Waals surface area contributed by atoms with Crippen LogP contribution in [0.25, 0.3) is 0 Å². The van der Waals surface area contributed by atoms with Gasteiger partial charge in [0, 0.05) is 38.0 Å². The van der Waals surface area contributed by atoms with Crippen molar-refractivity contribution in [1.82, 2.24) is 15.1 Å². The van der Waals surface area contributed by atoms with E-state index >= 15 is 0 Å². The van der Waals surface area contributed by atoms with Crippen molar-refractivity contribution in [2.75, 3.05) is 18.9 Å². The molecule has 4 rings (SSSR count). The lowest BCUT2D eigenvalue weighted by molar-refractivity contribution is -0.138. The van der Waals surface area contributed by atoms with Crippen molar-refractivity contribution in [2.24, 2.45) is 0 Å². The number of aromatic nitrogens is 2. The number of carbonyl (C=O) groups excluding carboxylic acids is 1. The number of amides is 1. The Morgan fingerprint density at radius 1 is 1.33 bits per heavy atom. The highest BCUT2D eigenvalue weighted by molar-refractivity contribution is 6.30. The lowest BCUT2D eigenvalue weighted by Gasteiger charge is -2.29. The van der Waals surface area contributed by atoms with Gasteiger partial charge in [0.1, 0.15) is 11.6 Å². The molecule has 1 unspecified atom stereocenters. The average Bonchev–Trinajstić information content (AvgIpc) is 3.03. The average molecular weight is 345 g/mol. The number of hydrogen-bond acceptors (Lipinski definition) is 5. The van der Waals surface area contributed by atoms with Gasteiger partial charge in [0.05, 0.1) is 5.69 Å². The normalized spacial score (nSPS) is 18.6. The second-order valence-electron chi connectivity index (χ2n) is 6.02. The van der Waals surface area contributed by atoms with Crippen molar-refractivity contribution in [2.45, 2.75) is 25.5 Å². The molecule has 0 aliphatic carbocycles. The van der Waals surface area contributed by atoms with Gasteiger partial charge in [0.2, 0.25) is 0 Å². The van der Waals surface area contributed by atoms with E-state index in [2.05, 4.69) is 15.5 Å². The van der Waals surface area contributed by atoms with Crippen molar-refractivity contribution < 1.29 is 9.53 Å². The van der Waals surface area contributed by atoms with E-state index in [9.17, 15) is 4.79 Å².